The van der Waals surface area contributed by atoms with Gasteiger partial charge in [-0.05, 0) is 47.6 Å². The second-order valence-electron chi connectivity index (χ2n) is 4.93. The average molecular weight is 290 g/mol. The molecule has 0 N–H and O–H groups in total. The summed E-state index contributed by atoms with van der Waals surface area (Å²) in [5, 5.41) is 0.0169. The van der Waals surface area contributed by atoms with Crippen LogP contribution in [-0.2, 0) is 13.3 Å². The van der Waals surface area contributed by atoms with Crippen LogP contribution in [0.5, 0.6) is 0 Å². The van der Waals surface area contributed by atoms with Gasteiger partial charge in [0.1, 0.15) is 0 Å². The highest BCUT2D eigenvalue weighted by Crippen LogP contribution is 2.34. The SMILES string of the molecule is CCO[Si]C(C)(C)N1CCC[Si]1(OCC)OCC. The van der Waals surface area contributed by atoms with Crippen molar-refractivity contribution in [1.82, 2.24) is 4.57 Å². The van der Waals surface area contributed by atoms with Crippen LogP contribution in [0.3, 0.4) is 0 Å². The van der Waals surface area contributed by atoms with E-state index in [1.54, 1.807) is 0 Å². The van der Waals surface area contributed by atoms with Gasteiger partial charge in [-0.15, -0.1) is 0 Å². The largest absolute Gasteiger partial charge is 0.428 e. The highest BCUT2D eigenvalue weighted by atomic mass is 28.4. The molecule has 1 fully saturated rings. The van der Waals surface area contributed by atoms with Crippen LogP contribution in [0.4, 0.5) is 0 Å². The van der Waals surface area contributed by atoms with Crippen molar-refractivity contribution >= 4 is 18.5 Å². The summed E-state index contributed by atoms with van der Waals surface area (Å²) < 4.78 is 20.3. The van der Waals surface area contributed by atoms with Crippen molar-refractivity contribution in [1.29, 1.82) is 0 Å². The van der Waals surface area contributed by atoms with E-state index in [4.69, 9.17) is 13.3 Å². The van der Waals surface area contributed by atoms with Gasteiger partial charge in [-0.1, -0.05) is 0 Å². The fourth-order valence-corrected chi connectivity index (χ4v) is 7.75. The molecule has 1 heterocycles. The Morgan fingerprint density at radius 1 is 1.11 bits per heavy atom. The molecule has 2 radical (unpaired) electrons. The lowest BCUT2D eigenvalue weighted by Gasteiger charge is -2.43. The van der Waals surface area contributed by atoms with Gasteiger partial charge in [-0.2, -0.15) is 0 Å². The zero-order valence-electron chi connectivity index (χ0n) is 12.4. The second kappa shape index (κ2) is 7.16. The summed E-state index contributed by atoms with van der Waals surface area (Å²) in [4.78, 5) is 0. The zero-order valence-corrected chi connectivity index (χ0v) is 14.4. The minimum atomic E-state index is -2.19. The molecule has 0 spiro atoms. The number of hydrogen-bond acceptors (Lipinski definition) is 4. The van der Waals surface area contributed by atoms with Gasteiger partial charge in [-0.25, -0.2) is 0 Å². The fourth-order valence-electron chi connectivity index (χ4n) is 2.57. The van der Waals surface area contributed by atoms with Gasteiger partial charge in [-0.3, -0.25) is 4.57 Å². The van der Waals surface area contributed by atoms with Gasteiger partial charge in [0.05, 0.1) is 0 Å². The molecule has 18 heavy (non-hydrogen) atoms. The van der Waals surface area contributed by atoms with E-state index in [2.05, 4.69) is 32.3 Å². The summed E-state index contributed by atoms with van der Waals surface area (Å²) in [6, 6.07) is 1.08. The van der Waals surface area contributed by atoms with E-state index < -0.39 is 8.72 Å². The van der Waals surface area contributed by atoms with Crippen LogP contribution in [0.15, 0.2) is 0 Å². The molecule has 1 rings (SSSR count). The number of rotatable bonds is 8. The smallest absolute Gasteiger partial charge is 0.416 e. The second-order valence-corrected chi connectivity index (χ2v) is 9.69. The van der Waals surface area contributed by atoms with Crippen molar-refractivity contribution in [3.63, 3.8) is 0 Å². The van der Waals surface area contributed by atoms with Crippen molar-refractivity contribution in [2.75, 3.05) is 26.4 Å². The van der Waals surface area contributed by atoms with E-state index in [0.717, 1.165) is 32.4 Å². The Morgan fingerprint density at radius 2 is 1.72 bits per heavy atom. The molecule has 6 heteroatoms. The molecule has 0 bridgehead atoms. The van der Waals surface area contributed by atoms with E-state index in [9.17, 15) is 0 Å². The molecule has 0 aromatic carbocycles. The Morgan fingerprint density at radius 3 is 2.22 bits per heavy atom. The van der Waals surface area contributed by atoms with Crippen LogP contribution in [0, 0.1) is 0 Å². The highest BCUT2D eigenvalue weighted by molar-refractivity contribution is 6.66. The predicted molar refractivity (Wildman–Crippen MR) is 76.6 cm³/mol. The summed E-state index contributed by atoms with van der Waals surface area (Å²) in [6.45, 7) is 13.9. The lowest BCUT2D eigenvalue weighted by Crippen LogP contribution is -2.64. The summed E-state index contributed by atoms with van der Waals surface area (Å²) in [5.74, 6) is 0. The molecule has 0 aromatic rings. The van der Waals surface area contributed by atoms with Crippen LogP contribution < -0.4 is 0 Å². The zero-order chi connectivity index (χ0) is 13.6. The summed E-state index contributed by atoms with van der Waals surface area (Å²) >= 11 is 0. The van der Waals surface area contributed by atoms with Crippen molar-refractivity contribution in [3.8, 4) is 0 Å². The molecule has 4 nitrogen and oxygen atoms in total. The Hall–Kier alpha value is 0.274. The lowest BCUT2D eigenvalue weighted by atomic mass is 10.3. The molecule has 106 valence electrons. The van der Waals surface area contributed by atoms with E-state index >= 15 is 0 Å². The fraction of sp³-hybridized carbons (Fsp3) is 1.00. The molecule has 0 saturated carbocycles. The minimum Gasteiger partial charge on any atom is -0.416 e. The van der Waals surface area contributed by atoms with Crippen molar-refractivity contribution in [3.05, 3.63) is 0 Å². The maximum atomic E-state index is 6.10. The van der Waals surface area contributed by atoms with Gasteiger partial charge in [0.15, 0.2) is 0 Å². The number of hydrogen-bond donors (Lipinski definition) is 0. The van der Waals surface area contributed by atoms with Crippen LogP contribution in [-0.4, -0.2) is 54.6 Å². The Bertz CT molecular complexity index is 245. The molecule has 0 amide bonds. The number of nitrogens with zero attached hydrogens (tertiary/aromatic N) is 1. The molecule has 0 atom stereocenters. The molecule has 0 aliphatic carbocycles. The maximum absolute atomic E-state index is 6.10. The lowest BCUT2D eigenvalue weighted by molar-refractivity contribution is 0.111. The van der Waals surface area contributed by atoms with Crippen LogP contribution in [0.1, 0.15) is 41.0 Å². The third kappa shape index (κ3) is 3.64. The van der Waals surface area contributed by atoms with Gasteiger partial charge < -0.3 is 13.3 Å². The third-order valence-corrected chi connectivity index (χ3v) is 8.66. The Labute approximate surface area is 115 Å². The van der Waals surface area contributed by atoms with E-state index in [1.165, 1.54) is 6.42 Å². The normalized spacial score (nSPS) is 20.5. The van der Waals surface area contributed by atoms with E-state index in [1.807, 2.05) is 6.92 Å². The van der Waals surface area contributed by atoms with Gasteiger partial charge in [0, 0.05) is 31.0 Å². The standard InChI is InChI=1S/C12H27NO3Si2/c1-6-14-17-12(4,5)13-10-9-11-18(13,15-7-2)16-8-3/h6-11H2,1-5H3. The van der Waals surface area contributed by atoms with Crippen molar-refractivity contribution in [2.24, 2.45) is 0 Å². The Kier molecular flexibility index (Phi) is 6.50. The van der Waals surface area contributed by atoms with Crippen LogP contribution >= 0.6 is 0 Å². The van der Waals surface area contributed by atoms with Gasteiger partial charge in [0.2, 0.25) is 0 Å². The topological polar surface area (TPSA) is 30.9 Å². The molecule has 1 aliphatic rings. The van der Waals surface area contributed by atoms with Gasteiger partial charge in [0.25, 0.3) is 9.76 Å². The quantitative estimate of drug-likeness (QED) is 0.640. The monoisotopic (exact) mass is 289 g/mol. The first-order valence-corrected chi connectivity index (χ1v) is 9.85. The average Bonchev–Trinajstić information content (AvgIpc) is 2.72. The first-order valence-electron chi connectivity index (χ1n) is 6.97. The molecule has 1 aliphatic heterocycles. The predicted octanol–water partition coefficient (Wildman–Crippen LogP) is 2.10. The molecular formula is C12H27NO3Si2. The van der Waals surface area contributed by atoms with Crippen LogP contribution in [0.2, 0.25) is 6.04 Å². The summed E-state index contributed by atoms with van der Waals surface area (Å²) in [6.07, 6.45) is 1.17. The van der Waals surface area contributed by atoms with Crippen LogP contribution in [0.25, 0.3) is 0 Å². The van der Waals surface area contributed by atoms with Crippen molar-refractivity contribution < 1.29 is 13.3 Å². The van der Waals surface area contributed by atoms with Crippen molar-refractivity contribution in [2.45, 2.75) is 52.2 Å². The molecule has 1 saturated heterocycles. The summed E-state index contributed by atoms with van der Waals surface area (Å²) in [7, 11) is -1.72. The maximum Gasteiger partial charge on any atom is 0.428 e. The first kappa shape index (κ1) is 16.3. The minimum absolute atomic E-state index is 0.0169. The van der Waals surface area contributed by atoms with E-state index in [-0.39, 0.29) is 5.16 Å². The molecular weight excluding hydrogens is 262 g/mol. The molecule has 0 unspecified atom stereocenters. The van der Waals surface area contributed by atoms with E-state index in [0.29, 0.717) is 9.76 Å². The highest BCUT2D eigenvalue weighted by Gasteiger charge is 2.54. The summed E-state index contributed by atoms with van der Waals surface area (Å²) in [5.41, 5.74) is 0. The van der Waals surface area contributed by atoms with Gasteiger partial charge >= 0.3 is 8.72 Å². The molecule has 0 aromatic heterocycles. The first-order chi connectivity index (χ1) is 8.52. The Balaban J connectivity index is 2.82. The third-order valence-electron chi connectivity index (χ3n) is 3.17.